The average molecular weight is 1980 g/mol. The zero-order valence-electron chi connectivity index (χ0n) is 80.1. The lowest BCUT2D eigenvalue weighted by Gasteiger charge is -2.33. The number of aliphatic hydroxyl groups is 1. The number of nitrogens with zero attached hydrogens (tertiary/aromatic N) is 1. The molecule has 0 unspecified atom stereocenters. The molecule has 1 fully saturated rings. The maximum Gasteiger partial charge on any atom is 0.305 e. The number of phenolic OH excluding ortho intramolecular Hbond substituents is 1. The Labute approximate surface area is 824 Å². The van der Waals surface area contributed by atoms with Gasteiger partial charge in [0.25, 0.3) is 0 Å². The number of aromatic hydroxyl groups is 1. The Balaban J connectivity index is 1.23. The smallest absolute Gasteiger partial charge is 0.305 e. The number of primary amides is 1. The molecule has 762 valence electrons. The molecule has 1 saturated heterocycles. The summed E-state index contributed by atoms with van der Waals surface area (Å²) in [5, 5.41) is 89.3. The predicted molar refractivity (Wildman–Crippen MR) is 526 cm³/mol. The largest absolute Gasteiger partial charge is 0.508 e. The topological polar surface area (TPSA) is 664 Å². The van der Waals surface area contributed by atoms with Crippen molar-refractivity contribution >= 4 is 135 Å². The Hall–Kier alpha value is -15.3. The molecule has 7 aromatic rings. The molecule has 14 atom stereocenters. The first-order valence-electron chi connectivity index (χ1n) is 46.6. The highest BCUT2D eigenvalue weighted by molar-refractivity contribution is 8.00. The summed E-state index contributed by atoms with van der Waals surface area (Å²) in [6.07, 6.45) is -2.29. The molecule has 6 aromatic carbocycles. The van der Waals surface area contributed by atoms with Crippen molar-refractivity contribution in [2.45, 2.75) is 210 Å². The van der Waals surface area contributed by atoms with E-state index in [1.54, 1.807) is 130 Å². The van der Waals surface area contributed by atoms with Crippen LogP contribution >= 0.6 is 11.8 Å². The zero-order chi connectivity index (χ0) is 104. The number of H-pyrrole nitrogens is 1. The number of likely N-dealkylation sites (N-methyl/N-ethyl adjacent to an activating group) is 1. The number of carbonyl (C=O) groups is 18. The fourth-order valence-electron chi connectivity index (χ4n) is 15.6. The van der Waals surface area contributed by atoms with Crippen LogP contribution in [0, 0.1) is 23.2 Å². The number of guanidine groups is 1. The number of aromatic amines is 1. The number of nitrogens with one attached hydrogen (secondary N) is 17. The van der Waals surface area contributed by atoms with Crippen LogP contribution in [-0.4, -0.2) is 266 Å². The Morgan fingerprint density at radius 3 is 1.35 bits per heavy atom. The molecule has 43 heteroatoms. The quantitative estimate of drug-likeness (QED) is 0.0165. The summed E-state index contributed by atoms with van der Waals surface area (Å²) < 4.78 is 0. The van der Waals surface area contributed by atoms with Gasteiger partial charge in [-0.2, -0.15) is 0 Å². The van der Waals surface area contributed by atoms with Crippen LogP contribution in [0.3, 0.4) is 0 Å². The van der Waals surface area contributed by atoms with Crippen molar-refractivity contribution in [3.63, 3.8) is 0 Å². The SMILES string of the molecule is CCCC[C@@H]1NC(=O)[C@H](C(C)C)NC(=O)[C@H](Cc2ccccc2)N(C)C(=O)[C@H](CC(=O)O)NC(=O)[C@H](CCCNC(=N)N)NC(=O)[C@H](Cc2ccc(-c3ccccc3)cc2)NC(=O)[C@H](C(C)C)NC(=O)[C@H](Cc2c[nH]c3ccccc23)NC(=O)[C@H](CC(=O)O)NC(=O)[C@H](Cc2ccc(O)cc2)NC(=O)[C@H](Cc2ccccc2)NC(=O)CSC[C@@H](C(=O)NCC(N)=O)NC(=O)[C@H](CO)NC(=O)[C@H](C(C)C)NC1=O. The number of benzene rings is 6. The Morgan fingerprint density at radius 1 is 0.437 bits per heavy atom. The second-order valence-electron chi connectivity index (χ2n) is 35.6. The van der Waals surface area contributed by atoms with E-state index in [9.17, 15) is 63.6 Å². The molecular weight excluding hydrogens is 1850 g/mol. The molecule has 0 saturated carbocycles. The fourth-order valence-corrected chi connectivity index (χ4v) is 16.5. The van der Waals surface area contributed by atoms with E-state index in [1.807, 2.05) is 30.3 Å². The Kier molecular flexibility index (Phi) is 43.8. The summed E-state index contributed by atoms with van der Waals surface area (Å²) in [5.41, 5.74) is 15.2. The van der Waals surface area contributed by atoms with E-state index >= 15 is 43.2 Å². The van der Waals surface area contributed by atoms with E-state index in [4.69, 9.17) is 16.9 Å². The van der Waals surface area contributed by atoms with Crippen molar-refractivity contribution in [3.05, 3.63) is 198 Å². The highest BCUT2D eigenvalue weighted by Gasteiger charge is 2.42. The first-order valence-corrected chi connectivity index (χ1v) is 47.8. The molecule has 25 N–H and O–H groups in total. The van der Waals surface area contributed by atoms with Crippen molar-refractivity contribution in [2.24, 2.45) is 29.2 Å². The van der Waals surface area contributed by atoms with Crippen LogP contribution in [0.5, 0.6) is 5.75 Å². The predicted octanol–water partition coefficient (Wildman–Crippen LogP) is -0.105. The van der Waals surface area contributed by atoms with Crippen molar-refractivity contribution in [1.82, 2.24) is 89.6 Å². The standard InChI is InChI=1S/C99H128N20O22S/c1-9-10-30-67-87(130)116-83(55(4)5)97(140)114-75(51-120)93(136)115-76(85(128)105-50-78(100)122)52-142-53-79(123)106-69(42-57-23-14-11-15-24-57)88(131)109-70(44-60-35-39-64(121)40-36-60)90(133)111-73(47-80(124)125)91(134)110-72(46-63-49-104-66-31-21-20-29-65(63)66)92(135)117-82(54(2)3)96(139)112-71(43-59-33-37-62(38-34-59)61-27-18-13-19-28-61)89(132)107-68(32-22-41-103-99(101)102)86(129)113-74(48-81(126)127)98(141)119(8)77(45-58-25-16-12-17-26-58)94(137)118-84(56(6)7)95(138)108-67/h11-21,23-29,31,33-40,49,54-56,67-77,82-84,104,120-121H,9-10,22,30,32,41-48,50-53H2,1-8H3,(H2,100,122)(H,105,128)(H,106,123)(H,107,132)(H,108,138)(H,109,131)(H,110,134)(H,111,133)(H,112,139)(H,113,129)(H,114,140)(H,115,136)(H,116,130)(H,117,135)(H,118,137)(H,124,125)(H,126,127)(H4,101,102,103)/t67-,68-,69-,70-,71-,72-,73-,74-,75-,76-,77-,82-,83-,84-/m0/s1. The lowest BCUT2D eigenvalue weighted by Crippen LogP contribution is -2.62. The van der Waals surface area contributed by atoms with Gasteiger partial charge >= 0.3 is 11.9 Å². The number of carboxylic acids is 2. The lowest BCUT2D eigenvalue weighted by molar-refractivity contribution is -0.146. The number of aliphatic hydroxyl groups excluding tert-OH is 1. The monoisotopic (exact) mass is 1980 g/mol. The van der Waals surface area contributed by atoms with Gasteiger partial charge in [0.1, 0.15) is 90.3 Å². The van der Waals surface area contributed by atoms with Gasteiger partial charge in [-0.3, -0.25) is 91.7 Å². The number of phenols is 1. The molecule has 0 spiro atoms. The van der Waals surface area contributed by atoms with E-state index in [1.165, 1.54) is 58.2 Å². The fraction of sp³-hybridized carbons (Fsp3) is 0.424. The van der Waals surface area contributed by atoms with Crippen LogP contribution in [0.4, 0.5) is 0 Å². The van der Waals surface area contributed by atoms with Crippen LogP contribution in [0.15, 0.2) is 170 Å². The molecule has 0 aliphatic carbocycles. The molecule has 2 heterocycles. The van der Waals surface area contributed by atoms with Gasteiger partial charge in [0.2, 0.25) is 94.5 Å². The number of hydrogen-bond donors (Lipinski definition) is 23. The number of nitrogens with two attached hydrogens (primary N) is 2. The van der Waals surface area contributed by atoms with Crippen LogP contribution in [0.2, 0.25) is 0 Å². The van der Waals surface area contributed by atoms with Crippen molar-refractivity contribution in [1.29, 1.82) is 5.41 Å². The Bertz CT molecular complexity index is 5560. The first-order chi connectivity index (χ1) is 67.6. The first kappa shape index (κ1) is 112. The zero-order valence-corrected chi connectivity index (χ0v) is 81.0. The molecule has 42 nitrogen and oxygen atoms in total. The molecule has 1 aliphatic rings. The highest BCUT2D eigenvalue weighted by atomic mass is 32.2. The molecule has 1 aromatic heterocycles. The van der Waals surface area contributed by atoms with E-state index in [0.717, 1.165) is 23.1 Å². The number of thioether (sulfide) groups is 1. The number of aromatic nitrogens is 1. The van der Waals surface area contributed by atoms with Crippen LogP contribution in [0.1, 0.15) is 121 Å². The number of unbranched alkanes of at least 4 members (excludes halogenated alkanes) is 1. The third-order valence-corrected chi connectivity index (χ3v) is 24.5. The number of amides is 16. The minimum absolute atomic E-state index is 0.0604. The second-order valence-corrected chi connectivity index (χ2v) is 36.6. The van der Waals surface area contributed by atoms with Crippen molar-refractivity contribution < 1.29 is 107 Å². The van der Waals surface area contributed by atoms with E-state index in [2.05, 4.69) is 84.7 Å². The summed E-state index contributed by atoms with van der Waals surface area (Å²) in [4.78, 5) is 267. The number of fused-ring (bicyclic) bond motifs is 1. The molecule has 0 bridgehead atoms. The van der Waals surface area contributed by atoms with Crippen LogP contribution in [0.25, 0.3) is 22.0 Å². The van der Waals surface area contributed by atoms with Crippen molar-refractivity contribution in [3.8, 4) is 16.9 Å². The summed E-state index contributed by atoms with van der Waals surface area (Å²) in [7, 11) is 1.15. The molecule has 1 aliphatic heterocycles. The van der Waals surface area contributed by atoms with Gasteiger partial charge < -0.3 is 122 Å². The number of hydrogen-bond acceptors (Lipinski definition) is 22. The average Bonchev–Trinajstić information content (AvgIpc) is 1.53. The van der Waals surface area contributed by atoms with Gasteiger partial charge in [0, 0.05) is 68.5 Å². The second kappa shape index (κ2) is 55.5. The van der Waals surface area contributed by atoms with Gasteiger partial charge in [0.15, 0.2) is 5.96 Å². The maximum atomic E-state index is 15.6. The van der Waals surface area contributed by atoms with Gasteiger partial charge in [-0.1, -0.05) is 207 Å². The normalized spacial score (nSPS) is 22.4. The molecule has 142 heavy (non-hydrogen) atoms. The lowest BCUT2D eigenvalue weighted by atomic mass is 9.98. The van der Waals surface area contributed by atoms with Gasteiger partial charge in [-0.05, 0) is 94.2 Å². The molecular formula is C99H128N20O22S. The van der Waals surface area contributed by atoms with Crippen LogP contribution in [-0.2, 0) is 118 Å². The minimum Gasteiger partial charge on any atom is -0.508 e. The summed E-state index contributed by atoms with van der Waals surface area (Å²) >= 11 is 0.702. The Morgan fingerprint density at radius 2 is 0.831 bits per heavy atom. The third kappa shape index (κ3) is 35.2. The molecule has 8 rings (SSSR count). The number of carbonyl (C=O) groups excluding carboxylic acids is 16. The summed E-state index contributed by atoms with van der Waals surface area (Å²) in [5.74, 6) is -24.7. The minimum atomic E-state index is -2.10. The van der Waals surface area contributed by atoms with Gasteiger partial charge in [-0.25, -0.2) is 0 Å². The van der Waals surface area contributed by atoms with Crippen LogP contribution < -0.4 is 91.2 Å². The van der Waals surface area contributed by atoms with Gasteiger partial charge in [0.05, 0.1) is 31.7 Å². The van der Waals surface area contributed by atoms with Crippen molar-refractivity contribution in [2.75, 3.05) is 38.2 Å². The number of rotatable bonds is 29. The highest BCUT2D eigenvalue weighted by Crippen LogP contribution is 2.25. The molecule has 16 amide bonds. The number of carboxylic acid groups (broad SMARTS) is 2. The molecule has 0 radical (unpaired) electrons. The number of para-hydroxylation sites is 1. The number of aliphatic carboxylic acids is 2. The van der Waals surface area contributed by atoms with E-state index in [0.29, 0.717) is 57.8 Å². The van der Waals surface area contributed by atoms with E-state index in [-0.39, 0.29) is 56.4 Å². The van der Waals surface area contributed by atoms with Gasteiger partial charge in [-0.15, -0.1) is 11.8 Å². The van der Waals surface area contributed by atoms with E-state index < -0.39 is 265 Å². The maximum absolute atomic E-state index is 15.6. The third-order valence-electron chi connectivity index (χ3n) is 23.4. The summed E-state index contributed by atoms with van der Waals surface area (Å²) in [6.45, 7) is 9.05. The summed E-state index contributed by atoms with van der Waals surface area (Å²) in [6, 6.07) is 20.4.